The van der Waals surface area contributed by atoms with Gasteiger partial charge in [0.2, 0.25) is 0 Å². The van der Waals surface area contributed by atoms with Crippen molar-refractivity contribution in [2.24, 2.45) is 0 Å². The van der Waals surface area contributed by atoms with Crippen LogP contribution in [0.1, 0.15) is 12.6 Å². The van der Waals surface area contributed by atoms with Crippen LogP contribution in [0.2, 0.25) is 0 Å². The monoisotopic (exact) mass is 550 g/mol. The first-order valence-corrected chi connectivity index (χ1v) is 12.9. The van der Waals surface area contributed by atoms with Crippen molar-refractivity contribution in [2.75, 3.05) is 13.2 Å². The van der Waals surface area contributed by atoms with Crippen molar-refractivity contribution in [3.63, 3.8) is 0 Å². The van der Waals surface area contributed by atoms with E-state index in [2.05, 4.69) is 13.4 Å². The number of phosphoric acid groups is 2. The van der Waals surface area contributed by atoms with Crippen LogP contribution in [0.5, 0.6) is 0 Å². The number of hydrogen-bond donors (Lipinski definition) is 8. The van der Waals surface area contributed by atoms with Crippen molar-refractivity contribution in [1.29, 1.82) is 0 Å². The number of H-pyrrole nitrogens is 1. The van der Waals surface area contributed by atoms with E-state index >= 15 is 0 Å². The fraction of sp³-hybridized carbons (Fsp3) is 0.733. The number of nitrogens with zero attached hydrogens (tertiary/aromatic N) is 1. The number of aliphatic hydroxyl groups is 5. The second kappa shape index (κ2) is 11.0. The van der Waals surface area contributed by atoms with Gasteiger partial charge in [0.15, 0.2) is 12.5 Å². The van der Waals surface area contributed by atoms with Crippen LogP contribution in [0.3, 0.4) is 0 Å². The minimum Gasteiger partial charge on any atom is -0.394 e. The van der Waals surface area contributed by atoms with Crippen molar-refractivity contribution in [1.82, 2.24) is 9.55 Å². The summed E-state index contributed by atoms with van der Waals surface area (Å²) in [6.07, 6.45) is -12.2. The van der Waals surface area contributed by atoms with Crippen molar-refractivity contribution < 1.29 is 67.3 Å². The molecule has 1 aromatic heterocycles. The Hall–Kier alpha value is -1.34. The molecule has 0 aliphatic carbocycles. The lowest BCUT2D eigenvalue weighted by molar-refractivity contribution is -0.233. The Morgan fingerprint density at radius 1 is 1.03 bits per heavy atom. The van der Waals surface area contributed by atoms with Gasteiger partial charge in [0.1, 0.15) is 30.5 Å². The highest BCUT2D eigenvalue weighted by Crippen LogP contribution is 2.61. The van der Waals surface area contributed by atoms with Crippen molar-refractivity contribution in [2.45, 2.75) is 55.6 Å². The van der Waals surface area contributed by atoms with Crippen LogP contribution in [0.4, 0.5) is 0 Å². The Morgan fingerprint density at radius 2 is 1.71 bits per heavy atom. The average Bonchev–Trinajstić information content (AvgIpc) is 3.02. The van der Waals surface area contributed by atoms with Crippen molar-refractivity contribution >= 4 is 15.6 Å². The summed E-state index contributed by atoms with van der Waals surface area (Å²) in [6.45, 7) is -1.75. The highest BCUT2D eigenvalue weighted by Gasteiger charge is 2.47. The molecule has 10 atom stereocenters. The van der Waals surface area contributed by atoms with E-state index in [1.165, 1.54) is 0 Å². The van der Waals surface area contributed by atoms with Gasteiger partial charge in [-0.25, -0.2) is 13.9 Å². The molecule has 0 aromatic carbocycles. The molecular weight excluding hydrogens is 526 g/mol. The van der Waals surface area contributed by atoms with E-state index in [1.807, 2.05) is 4.98 Å². The lowest BCUT2D eigenvalue weighted by Gasteiger charge is -2.36. The summed E-state index contributed by atoms with van der Waals surface area (Å²) < 4.78 is 48.4. The summed E-state index contributed by atoms with van der Waals surface area (Å²) in [7, 11) is -10.8. The minimum atomic E-state index is -5.40. The van der Waals surface area contributed by atoms with Crippen LogP contribution in [0.25, 0.3) is 0 Å². The molecule has 2 saturated heterocycles. The van der Waals surface area contributed by atoms with Gasteiger partial charge in [0.25, 0.3) is 5.56 Å². The first-order chi connectivity index (χ1) is 16.2. The zero-order valence-electron chi connectivity index (χ0n) is 17.5. The van der Waals surface area contributed by atoms with Gasteiger partial charge in [-0.05, 0) is 0 Å². The van der Waals surface area contributed by atoms with Crippen LogP contribution in [0, 0.1) is 0 Å². The lowest BCUT2D eigenvalue weighted by Crippen LogP contribution is -2.50. The molecule has 0 spiro atoms. The molecule has 1 aromatic rings. The van der Waals surface area contributed by atoms with E-state index in [9.17, 15) is 48.9 Å². The highest BCUT2D eigenvalue weighted by atomic mass is 31.3. The molecule has 2 aliphatic rings. The number of phosphoric ester groups is 2. The van der Waals surface area contributed by atoms with Gasteiger partial charge in [-0.15, -0.1) is 0 Å². The standard InChI is InChI=1S/C15H24N2O16P2/c18-4-7-11(21)6(19)3-10(30-7)32-35(27,28)33-34(25,26)29-5-8-12(22)13(23)14(31-8)17-2-1-9(20)16-15(17)24/h1-2,6-8,10-14,18-19,21-23H,3-5H2,(H,25,26)(H,27,28)(H,16,20,24)/t6-,7-,8-,10-,11+,12-,13-,14-/m1/s1. The van der Waals surface area contributed by atoms with Crippen LogP contribution in [-0.2, 0) is 32.0 Å². The van der Waals surface area contributed by atoms with Gasteiger partial charge in [-0.1, -0.05) is 0 Å². The molecule has 2 unspecified atom stereocenters. The Morgan fingerprint density at radius 3 is 2.34 bits per heavy atom. The predicted octanol–water partition coefficient (Wildman–Crippen LogP) is -3.76. The summed E-state index contributed by atoms with van der Waals surface area (Å²) in [6, 6.07) is 0.945. The normalized spacial score (nSPS) is 37.0. The minimum absolute atomic E-state index is 0.548. The molecule has 200 valence electrons. The molecule has 0 radical (unpaired) electrons. The predicted molar refractivity (Wildman–Crippen MR) is 107 cm³/mol. The average molecular weight is 550 g/mol. The SMILES string of the molecule is O=c1ccn([C@@H]2O[C@H](COP(=O)(O)OP(=O)(O)O[C@@H]3C[C@@H](O)[C@H](O)[C@@H](CO)O3)[C@@H](O)[C@H]2O)c(=O)[nH]1. The quantitative estimate of drug-likeness (QED) is 0.137. The molecule has 8 N–H and O–H groups in total. The number of nitrogens with one attached hydrogen (secondary N) is 1. The Bertz CT molecular complexity index is 1090. The van der Waals surface area contributed by atoms with E-state index in [1.54, 1.807) is 0 Å². The van der Waals surface area contributed by atoms with Crippen molar-refractivity contribution in [3.8, 4) is 0 Å². The third kappa shape index (κ3) is 6.91. The molecule has 0 saturated carbocycles. The van der Waals surface area contributed by atoms with Crippen molar-refractivity contribution in [3.05, 3.63) is 33.1 Å². The summed E-state index contributed by atoms with van der Waals surface area (Å²) in [4.78, 5) is 44.5. The summed E-state index contributed by atoms with van der Waals surface area (Å²) in [5, 5.41) is 48.7. The molecule has 0 amide bonds. The van der Waals surface area contributed by atoms with E-state index in [4.69, 9.17) is 14.6 Å². The maximum atomic E-state index is 12.1. The molecule has 0 bridgehead atoms. The zero-order chi connectivity index (χ0) is 26.1. The number of aliphatic hydroxyl groups excluding tert-OH is 5. The zero-order valence-corrected chi connectivity index (χ0v) is 19.3. The van der Waals surface area contributed by atoms with Crippen LogP contribution in [-0.4, -0.2) is 101 Å². The maximum absolute atomic E-state index is 12.1. The topological polar surface area (TPSA) is 277 Å². The van der Waals surface area contributed by atoms with Gasteiger partial charge in [-0.3, -0.25) is 23.4 Å². The highest BCUT2D eigenvalue weighted by molar-refractivity contribution is 7.61. The second-order valence-corrected chi connectivity index (χ2v) is 10.6. The van der Waals surface area contributed by atoms with E-state index in [-0.39, 0.29) is 0 Å². The molecule has 35 heavy (non-hydrogen) atoms. The summed E-state index contributed by atoms with van der Waals surface area (Å²) in [5.41, 5.74) is -1.71. The molecule has 2 aliphatic heterocycles. The Kier molecular flexibility index (Phi) is 8.84. The number of aromatic nitrogens is 2. The molecule has 2 fully saturated rings. The smallest absolute Gasteiger partial charge is 0.394 e. The number of ether oxygens (including phenoxy) is 2. The lowest BCUT2D eigenvalue weighted by atomic mass is 10.0. The van der Waals surface area contributed by atoms with Gasteiger partial charge in [0.05, 0.1) is 19.3 Å². The first kappa shape index (κ1) is 28.2. The van der Waals surface area contributed by atoms with E-state index in [0.29, 0.717) is 0 Å². The summed E-state index contributed by atoms with van der Waals surface area (Å²) >= 11 is 0. The first-order valence-electron chi connectivity index (χ1n) is 9.88. The fourth-order valence-electron chi connectivity index (χ4n) is 3.35. The second-order valence-electron chi connectivity index (χ2n) is 7.56. The third-order valence-corrected chi connectivity index (χ3v) is 7.67. The molecular formula is C15H24N2O16P2. The fourth-order valence-corrected chi connectivity index (χ4v) is 5.50. The third-order valence-electron chi connectivity index (χ3n) is 5.04. The van der Waals surface area contributed by atoms with E-state index < -0.39 is 95.7 Å². The Labute approximate surface area is 195 Å². The molecule has 3 heterocycles. The molecule has 20 heteroatoms. The van der Waals surface area contributed by atoms with Crippen LogP contribution >= 0.6 is 15.6 Å². The van der Waals surface area contributed by atoms with E-state index in [0.717, 1.165) is 16.8 Å². The number of hydrogen-bond acceptors (Lipinski definition) is 14. The number of rotatable bonds is 9. The molecule has 18 nitrogen and oxygen atoms in total. The van der Waals surface area contributed by atoms with Gasteiger partial charge >= 0.3 is 21.3 Å². The van der Waals surface area contributed by atoms with Crippen LogP contribution < -0.4 is 11.2 Å². The Balaban J connectivity index is 1.59. The van der Waals surface area contributed by atoms with Gasteiger partial charge in [0, 0.05) is 18.7 Å². The van der Waals surface area contributed by atoms with Gasteiger partial charge < -0.3 is 44.8 Å². The largest absolute Gasteiger partial charge is 0.483 e. The van der Waals surface area contributed by atoms with Gasteiger partial charge in [-0.2, -0.15) is 4.31 Å². The van der Waals surface area contributed by atoms with Crippen LogP contribution in [0.15, 0.2) is 21.9 Å². The summed E-state index contributed by atoms with van der Waals surface area (Å²) in [5.74, 6) is 0. The maximum Gasteiger partial charge on any atom is 0.483 e. The number of aromatic amines is 1. The molecule has 3 rings (SSSR count).